The van der Waals surface area contributed by atoms with Gasteiger partial charge in [-0.15, -0.1) is 0 Å². The number of hydrogen-bond donors (Lipinski definition) is 1. The Morgan fingerprint density at radius 3 is 1.49 bits per heavy atom. The van der Waals surface area contributed by atoms with Crippen LogP contribution in [0.25, 0.3) is 0 Å². The molecule has 0 amide bonds. The first-order valence-electron chi connectivity index (χ1n) is 16.7. The van der Waals surface area contributed by atoms with E-state index in [0.29, 0.717) is 25.0 Å². The van der Waals surface area contributed by atoms with Crippen LogP contribution in [0.4, 0.5) is 0 Å². The number of unbranched alkanes of at least 4 members (excludes halogenated alkanes) is 17. The van der Waals surface area contributed by atoms with Crippen molar-refractivity contribution >= 4 is 11.9 Å². The number of carbonyl (C=O) groups excluding carboxylic acids is 2. The van der Waals surface area contributed by atoms with E-state index in [1.165, 1.54) is 103 Å². The summed E-state index contributed by atoms with van der Waals surface area (Å²) in [4.78, 5) is 24.1. The van der Waals surface area contributed by atoms with Gasteiger partial charge in [-0.2, -0.15) is 0 Å². The predicted octanol–water partition coefficient (Wildman–Crippen LogP) is 8.60. The van der Waals surface area contributed by atoms with Gasteiger partial charge in [-0.3, -0.25) is 9.59 Å². The molecule has 1 N–H and O–H groups in total. The van der Waals surface area contributed by atoms with Crippen molar-refractivity contribution in [3.05, 3.63) is 0 Å². The highest BCUT2D eigenvalue weighted by molar-refractivity contribution is 5.70. The number of ether oxygens (including phenoxy) is 3. The first kappa shape index (κ1) is 35.9. The first-order chi connectivity index (χ1) is 19.1. The van der Waals surface area contributed by atoms with Gasteiger partial charge in [0.05, 0.1) is 18.8 Å². The lowest BCUT2D eigenvalue weighted by atomic mass is 10.0. The molecule has 39 heavy (non-hydrogen) atoms. The Morgan fingerprint density at radius 1 is 0.615 bits per heavy atom. The van der Waals surface area contributed by atoms with Gasteiger partial charge in [0.15, 0.2) is 6.10 Å². The van der Waals surface area contributed by atoms with Gasteiger partial charge in [0, 0.05) is 12.8 Å². The maximum Gasteiger partial charge on any atom is 0.306 e. The third-order valence-corrected chi connectivity index (χ3v) is 7.82. The zero-order chi connectivity index (χ0) is 28.4. The van der Waals surface area contributed by atoms with Crippen LogP contribution >= 0.6 is 0 Å². The largest absolute Gasteiger partial charge is 0.462 e. The van der Waals surface area contributed by atoms with Crippen molar-refractivity contribution in [1.82, 2.24) is 0 Å². The fraction of sp³-hybridized carbons (Fsp3) is 0.939. The summed E-state index contributed by atoms with van der Waals surface area (Å²) in [6.45, 7) is 4.08. The Balaban J connectivity index is 1.90. The summed E-state index contributed by atoms with van der Waals surface area (Å²) in [5.41, 5.74) is 0. The number of aliphatic hydroxyl groups is 1. The van der Waals surface area contributed by atoms with E-state index in [9.17, 15) is 14.7 Å². The third kappa shape index (κ3) is 22.3. The number of rotatable bonds is 29. The Labute approximate surface area is 240 Å². The molecule has 6 heteroatoms. The molecule has 1 saturated heterocycles. The van der Waals surface area contributed by atoms with Crippen LogP contribution in [-0.2, 0) is 23.8 Å². The van der Waals surface area contributed by atoms with Crippen LogP contribution in [0.5, 0.6) is 0 Å². The van der Waals surface area contributed by atoms with Gasteiger partial charge < -0.3 is 19.3 Å². The molecule has 0 aromatic heterocycles. The second-order valence-corrected chi connectivity index (χ2v) is 11.6. The average Bonchev–Trinajstić information content (AvgIpc) is 3.69. The van der Waals surface area contributed by atoms with Crippen molar-refractivity contribution < 1.29 is 28.9 Å². The summed E-state index contributed by atoms with van der Waals surface area (Å²) in [5.74, 6) is -0.606. The molecule has 0 aromatic carbocycles. The summed E-state index contributed by atoms with van der Waals surface area (Å²) >= 11 is 0. The summed E-state index contributed by atoms with van der Waals surface area (Å²) < 4.78 is 16.3. The van der Waals surface area contributed by atoms with E-state index in [-0.39, 0.29) is 25.2 Å². The van der Waals surface area contributed by atoms with Gasteiger partial charge >= 0.3 is 11.9 Å². The zero-order valence-corrected chi connectivity index (χ0v) is 25.6. The summed E-state index contributed by atoms with van der Waals surface area (Å²) in [6.07, 6.45) is 27.5. The molecule has 1 fully saturated rings. The molecule has 0 saturated carbocycles. The molecule has 1 heterocycles. The van der Waals surface area contributed by atoms with Crippen molar-refractivity contribution in [2.75, 3.05) is 13.2 Å². The summed E-state index contributed by atoms with van der Waals surface area (Å²) in [6, 6.07) is 0. The van der Waals surface area contributed by atoms with Crippen molar-refractivity contribution in [3.63, 3.8) is 0 Å². The SMILES string of the molecule is CCCCCCCCCCCC(=O)OC[C@H](CO)OC(=O)CCCCCCCC1OC1CCCCCCCC. The molecule has 230 valence electrons. The lowest BCUT2D eigenvalue weighted by Crippen LogP contribution is -2.28. The molecule has 0 spiro atoms. The molecule has 3 atom stereocenters. The van der Waals surface area contributed by atoms with Crippen LogP contribution in [0.1, 0.15) is 168 Å². The number of epoxide rings is 1. The number of carbonyl (C=O) groups is 2. The van der Waals surface area contributed by atoms with Crippen LogP contribution < -0.4 is 0 Å². The second-order valence-electron chi connectivity index (χ2n) is 11.6. The minimum absolute atomic E-state index is 0.0679. The van der Waals surface area contributed by atoms with Gasteiger partial charge in [0.25, 0.3) is 0 Å². The molecule has 0 aliphatic carbocycles. The monoisotopic (exact) mass is 554 g/mol. The second kappa shape index (κ2) is 25.8. The Morgan fingerprint density at radius 2 is 1.03 bits per heavy atom. The molecule has 2 unspecified atom stereocenters. The van der Waals surface area contributed by atoms with E-state index in [2.05, 4.69) is 13.8 Å². The normalized spacial score (nSPS) is 17.2. The molecule has 0 bridgehead atoms. The van der Waals surface area contributed by atoms with Crippen molar-refractivity contribution in [2.24, 2.45) is 0 Å². The summed E-state index contributed by atoms with van der Waals surface area (Å²) in [5, 5.41) is 9.49. The topological polar surface area (TPSA) is 85.4 Å². The minimum Gasteiger partial charge on any atom is -0.462 e. The lowest BCUT2D eigenvalue weighted by molar-refractivity contribution is -0.161. The van der Waals surface area contributed by atoms with Crippen LogP contribution in [-0.4, -0.2) is 48.6 Å². The molecule has 0 radical (unpaired) electrons. The molecule has 1 aliphatic rings. The number of esters is 2. The van der Waals surface area contributed by atoms with Gasteiger partial charge in [-0.1, -0.05) is 129 Å². The van der Waals surface area contributed by atoms with Crippen LogP contribution in [0.3, 0.4) is 0 Å². The Kier molecular flexibility index (Phi) is 23.7. The van der Waals surface area contributed by atoms with E-state index < -0.39 is 6.10 Å². The van der Waals surface area contributed by atoms with E-state index in [4.69, 9.17) is 14.2 Å². The quantitative estimate of drug-likeness (QED) is 0.0566. The highest BCUT2D eigenvalue weighted by Crippen LogP contribution is 2.31. The van der Waals surface area contributed by atoms with Crippen LogP contribution in [0.2, 0.25) is 0 Å². The fourth-order valence-corrected chi connectivity index (χ4v) is 5.16. The molecular formula is C33H62O6. The van der Waals surface area contributed by atoms with E-state index in [1.807, 2.05) is 0 Å². The number of hydrogen-bond acceptors (Lipinski definition) is 6. The molecule has 1 rings (SSSR count). The van der Waals surface area contributed by atoms with Gasteiger partial charge in [-0.05, 0) is 25.7 Å². The average molecular weight is 555 g/mol. The Hall–Kier alpha value is -1.14. The van der Waals surface area contributed by atoms with Crippen molar-refractivity contribution in [1.29, 1.82) is 0 Å². The smallest absolute Gasteiger partial charge is 0.306 e. The van der Waals surface area contributed by atoms with E-state index >= 15 is 0 Å². The van der Waals surface area contributed by atoms with E-state index in [0.717, 1.165) is 38.5 Å². The number of aliphatic hydroxyl groups excluding tert-OH is 1. The fourth-order valence-electron chi connectivity index (χ4n) is 5.16. The van der Waals surface area contributed by atoms with Crippen molar-refractivity contribution in [2.45, 2.75) is 186 Å². The maximum absolute atomic E-state index is 12.1. The highest BCUT2D eigenvalue weighted by atomic mass is 16.6. The molecular weight excluding hydrogens is 492 g/mol. The summed E-state index contributed by atoms with van der Waals surface area (Å²) in [7, 11) is 0. The van der Waals surface area contributed by atoms with E-state index in [1.54, 1.807) is 0 Å². The zero-order valence-electron chi connectivity index (χ0n) is 25.6. The maximum atomic E-state index is 12.1. The van der Waals surface area contributed by atoms with Crippen molar-refractivity contribution in [3.8, 4) is 0 Å². The molecule has 6 nitrogen and oxygen atoms in total. The Bertz CT molecular complexity index is 581. The van der Waals surface area contributed by atoms with Gasteiger partial charge in [0.1, 0.15) is 6.61 Å². The lowest BCUT2D eigenvalue weighted by Gasteiger charge is -2.15. The third-order valence-electron chi connectivity index (χ3n) is 7.82. The van der Waals surface area contributed by atoms with Crippen LogP contribution in [0, 0.1) is 0 Å². The molecule has 1 aliphatic heterocycles. The van der Waals surface area contributed by atoms with Gasteiger partial charge in [-0.25, -0.2) is 0 Å². The highest BCUT2D eigenvalue weighted by Gasteiger charge is 2.36. The predicted molar refractivity (Wildman–Crippen MR) is 159 cm³/mol. The molecule has 0 aromatic rings. The minimum atomic E-state index is -0.771. The standard InChI is InChI=1S/C33H62O6/c1-3-5-7-9-11-12-13-17-21-25-32(35)37-28-29(27-34)38-33(36)26-22-18-14-16-20-24-31-30(39-31)23-19-15-10-8-6-4-2/h29-31,34H,3-28H2,1-2H3/t29-,30?,31?/m0/s1. The first-order valence-corrected chi connectivity index (χ1v) is 16.7. The van der Waals surface area contributed by atoms with Crippen LogP contribution in [0.15, 0.2) is 0 Å². The van der Waals surface area contributed by atoms with Gasteiger partial charge in [0.2, 0.25) is 0 Å².